The van der Waals surface area contributed by atoms with Crippen molar-refractivity contribution in [1.82, 2.24) is 21.3 Å². The first-order valence-electron chi connectivity index (χ1n) is 4.03. The minimum atomic E-state index is -0.444. The van der Waals surface area contributed by atoms with Crippen molar-refractivity contribution in [3.05, 3.63) is 0 Å². The standard InChI is InChI=1S/C7H14N4O3/c1-8-5(12)3-10-6(13)4-11-7(14)9-2/h3-4H2,1-2H3,(H,8,12)(H,10,13)(H2,9,11,14). The smallest absolute Gasteiger partial charge is 0.314 e. The van der Waals surface area contributed by atoms with Gasteiger partial charge in [-0.3, -0.25) is 9.59 Å². The average molecular weight is 202 g/mol. The lowest BCUT2D eigenvalue weighted by Gasteiger charge is -2.05. The summed E-state index contributed by atoms with van der Waals surface area (Å²) in [4.78, 5) is 32.3. The summed E-state index contributed by atoms with van der Waals surface area (Å²) in [6.07, 6.45) is 0. The van der Waals surface area contributed by atoms with Crippen LogP contribution in [0.15, 0.2) is 0 Å². The SMILES string of the molecule is CNC(=O)CNC(=O)CNC(=O)NC. The van der Waals surface area contributed by atoms with E-state index in [-0.39, 0.29) is 19.0 Å². The van der Waals surface area contributed by atoms with Crippen molar-refractivity contribution in [2.45, 2.75) is 0 Å². The molecule has 0 bridgehead atoms. The van der Waals surface area contributed by atoms with Crippen LogP contribution in [0, 0.1) is 0 Å². The number of carbonyl (C=O) groups is 3. The quantitative estimate of drug-likeness (QED) is 0.415. The van der Waals surface area contributed by atoms with Crippen molar-refractivity contribution in [3.63, 3.8) is 0 Å². The molecule has 0 aliphatic carbocycles. The maximum atomic E-state index is 11.0. The minimum Gasteiger partial charge on any atom is -0.358 e. The van der Waals surface area contributed by atoms with Crippen LogP contribution in [-0.2, 0) is 9.59 Å². The summed E-state index contributed by atoms with van der Waals surface area (Å²) >= 11 is 0. The second-order valence-electron chi connectivity index (χ2n) is 2.38. The van der Waals surface area contributed by atoms with Crippen molar-refractivity contribution >= 4 is 17.8 Å². The second kappa shape index (κ2) is 6.70. The van der Waals surface area contributed by atoms with E-state index in [0.29, 0.717) is 0 Å². The molecule has 80 valence electrons. The number of amides is 4. The van der Waals surface area contributed by atoms with Crippen LogP contribution in [0.3, 0.4) is 0 Å². The molecule has 7 nitrogen and oxygen atoms in total. The third kappa shape index (κ3) is 5.81. The molecule has 0 saturated carbocycles. The van der Waals surface area contributed by atoms with E-state index in [9.17, 15) is 14.4 Å². The van der Waals surface area contributed by atoms with Gasteiger partial charge in [-0.15, -0.1) is 0 Å². The Bertz CT molecular complexity index is 207. The molecule has 0 fully saturated rings. The largest absolute Gasteiger partial charge is 0.358 e. The fraction of sp³-hybridized carbons (Fsp3) is 0.571. The number of hydrogen-bond donors (Lipinski definition) is 4. The molecule has 0 aromatic rings. The van der Waals surface area contributed by atoms with E-state index in [1.807, 2.05) is 0 Å². The van der Waals surface area contributed by atoms with E-state index in [4.69, 9.17) is 0 Å². The predicted molar refractivity (Wildman–Crippen MR) is 49.5 cm³/mol. The molecule has 0 aliphatic rings. The Hall–Kier alpha value is -1.79. The van der Waals surface area contributed by atoms with Gasteiger partial charge in [0.2, 0.25) is 11.8 Å². The number of carbonyl (C=O) groups excluding carboxylic acids is 3. The van der Waals surface area contributed by atoms with Crippen LogP contribution in [0.2, 0.25) is 0 Å². The number of likely N-dealkylation sites (N-methyl/N-ethyl adjacent to an activating group) is 1. The average Bonchev–Trinajstić information content (AvgIpc) is 2.22. The maximum absolute atomic E-state index is 11.0. The van der Waals surface area contributed by atoms with Crippen molar-refractivity contribution in [1.29, 1.82) is 0 Å². The maximum Gasteiger partial charge on any atom is 0.314 e. The molecule has 0 saturated heterocycles. The highest BCUT2D eigenvalue weighted by Gasteiger charge is 2.04. The fourth-order valence-corrected chi connectivity index (χ4v) is 0.579. The third-order valence-electron chi connectivity index (χ3n) is 1.36. The summed E-state index contributed by atoms with van der Waals surface area (Å²) in [5.41, 5.74) is 0. The lowest BCUT2D eigenvalue weighted by atomic mass is 10.5. The topological polar surface area (TPSA) is 99.3 Å². The summed E-state index contributed by atoms with van der Waals surface area (Å²) in [6.45, 7) is -0.249. The first kappa shape index (κ1) is 12.2. The zero-order valence-corrected chi connectivity index (χ0v) is 8.14. The molecule has 0 aromatic heterocycles. The van der Waals surface area contributed by atoms with E-state index in [1.165, 1.54) is 14.1 Å². The highest BCUT2D eigenvalue weighted by molar-refractivity contribution is 5.87. The molecule has 0 heterocycles. The van der Waals surface area contributed by atoms with Crippen LogP contribution in [0.25, 0.3) is 0 Å². The first-order valence-corrected chi connectivity index (χ1v) is 4.03. The summed E-state index contributed by atoms with van der Waals surface area (Å²) in [5, 5.41) is 9.23. The van der Waals surface area contributed by atoms with Crippen LogP contribution >= 0.6 is 0 Å². The van der Waals surface area contributed by atoms with Crippen LogP contribution < -0.4 is 21.3 Å². The molecule has 0 spiro atoms. The Labute approximate surface area is 81.6 Å². The molecular weight excluding hydrogens is 188 g/mol. The van der Waals surface area contributed by atoms with Gasteiger partial charge in [-0.25, -0.2) is 4.79 Å². The number of urea groups is 1. The van der Waals surface area contributed by atoms with Gasteiger partial charge in [0.1, 0.15) is 0 Å². The Morgan fingerprint density at radius 1 is 0.857 bits per heavy atom. The van der Waals surface area contributed by atoms with E-state index < -0.39 is 11.9 Å². The molecule has 14 heavy (non-hydrogen) atoms. The van der Waals surface area contributed by atoms with Gasteiger partial charge >= 0.3 is 6.03 Å². The molecule has 7 heteroatoms. The minimum absolute atomic E-state index is 0.0925. The fourth-order valence-electron chi connectivity index (χ4n) is 0.579. The van der Waals surface area contributed by atoms with Crippen LogP contribution in [0.4, 0.5) is 4.79 Å². The molecule has 4 N–H and O–H groups in total. The second-order valence-corrected chi connectivity index (χ2v) is 2.38. The molecule has 0 unspecified atom stereocenters. The lowest BCUT2D eigenvalue weighted by molar-refractivity contribution is -0.125. The predicted octanol–water partition coefficient (Wildman–Crippen LogP) is -2.22. The number of nitrogens with one attached hydrogen (secondary N) is 4. The third-order valence-corrected chi connectivity index (χ3v) is 1.36. The van der Waals surface area contributed by atoms with Gasteiger partial charge in [-0.2, -0.15) is 0 Å². The Kier molecular flexibility index (Phi) is 5.84. The van der Waals surface area contributed by atoms with E-state index in [1.54, 1.807) is 0 Å². The zero-order chi connectivity index (χ0) is 11.0. The Balaban J connectivity index is 3.56. The van der Waals surface area contributed by atoms with Gasteiger partial charge < -0.3 is 21.3 Å². The lowest BCUT2D eigenvalue weighted by Crippen LogP contribution is -2.43. The summed E-state index contributed by atoms with van der Waals surface area (Å²) in [7, 11) is 2.91. The van der Waals surface area contributed by atoms with Gasteiger partial charge in [-0.05, 0) is 0 Å². The summed E-state index contributed by atoms with van der Waals surface area (Å²) < 4.78 is 0. The molecular formula is C7H14N4O3. The first-order chi connectivity index (χ1) is 6.60. The monoisotopic (exact) mass is 202 g/mol. The van der Waals surface area contributed by atoms with Crippen molar-refractivity contribution in [3.8, 4) is 0 Å². The van der Waals surface area contributed by atoms with Crippen molar-refractivity contribution < 1.29 is 14.4 Å². The molecule has 0 rings (SSSR count). The van der Waals surface area contributed by atoms with Crippen molar-refractivity contribution in [2.75, 3.05) is 27.2 Å². The van der Waals surface area contributed by atoms with E-state index in [0.717, 1.165) is 0 Å². The summed E-state index contributed by atoms with van der Waals surface area (Å²) in [5.74, 6) is -0.713. The molecule has 0 aromatic carbocycles. The molecule has 4 amide bonds. The van der Waals surface area contributed by atoms with Crippen LogP contribution in [0.5, 0.6) is 0 Å². The number of rotatable bonds is 4. The van der Waals surface area contributed by atoms with Gasteiger partial charge in [-0.1, -0.05) is 0 Å². The summed E-state index contributed by atoms with van der Waals surface area (Å²) in [6, 6.07) is -0.444. The van der Waals surface area contributed by atoms with Gasteiger partial charge in [0.25, 0.3) is 0 Å². The number of hydrogen-bond acceptors (Lipinski definition) is 3. The molecule has 0 radical (unpaired) electrons. The molecule has 0 aliphatic heterocycles. The zero-order valence-electron chi connectivity index (χ0n) is 8.14. The Morgan fingerprint density at radius 2 is 1.43 bits per heavy atom. The van der Waals surface area contributed by atoms with Crippen LogP contribution in [-0.4, -0.2) is 45.0 Å². The van der Waals surface area contributed by atoms with E-state index >= 15 is 0 Å². The Morgan fingerprint density at radius 3 is 1.93 bits per heavy atom. The van der Waals surface area contributed by atoms with Gasteiger partial charge in [0.05, 0.1) is 13.1 Å². The normalized spacial score (nSPS) is 8.71. The highest BCUT2D eigenvalue weighted by Crippen LogP contribution is 1.67. The van der Waals surface area contributed by atoms with E-state index in [2.05, 4.69) is 21.3 Å². The van der Waals surface area contributed by atoms with Crippen LogP contribution in [0.1, 0.15) is 0 Å². The van der Waals surface area contributed by atoms with Gasteiger partial charge in [0, 0.05) is 14.1 Å². The van der Waals surface area contributed by atoms with Gasteiger partial charge in [0.15, 0.2) is 0 Å². The molecule has 0 atom stereocenters. The highest BCUT2D eigenvalue weighted by atomic mass is 16.2. The van der Waals surface area contributed by atoms with Crippen molar-refractivity contribution in [2.24, 2.45) is 0 Å².